The highest BCUT2D eigenvalue weighted by Gasteiger charge is 2.48. The molecule has 1 fully saturated rings. The minimum Gasteiger partial charge on any atom is -0.496 e. The third-order valence-electron chi connectivity index (χ3n) is 4.92. The predicted molar refractivity (Wildman–Crippen MR) is 102 cm³/mol. The average molecular weight is 382 g/mol. The molecule has 2 atom stereocenters. The molecule has 1 aliphatic carbocycles. The number of benzene rings is 2. The fourth-order valence-electron chi connectivity index (χ4n) is 3.29. The molecule has 2 amide bonds. The van der Waals surface area contributed by atoms with Crippen LogP contribution in [0.15, 0.2) is 42.5 Å². The van der Waals surface area contributed by atoms with Crippen LogP contribution in [0, 0.1) is 11.8 Å². The highest BCUT2D eigenvalue weighted by Crippen LogP contribution is 2.40. The summed E-state index contributed by atoms with van der Waals surface area (Å²) in [7, 11) is 1.60. The number of fused-ring (bicyclic) bond motifs is 1. The van der Waals surface area contributed by atoms with Gasteiger partial charge < -0.3 is 24.8 Å². The summed E-state index contributed by atoms with van der Waals surface area (Å²) in [5, 5.41) is 5.75. The van der Waals surface area contributed by atoms with Gasteiger partial charge in [-0.2, -0.15) is 0 Å². The summed E-state index contributed by atoms with van der Waals surface area (Å²) >= 11 is 0. The van der Waals surface area contributed by atoms with Crippen LogP contribution in [-0.2, 0) is 16.1 Å². The zero-order chi connectivity index (χ0) is 19.5. The van der Waals surface area contributed by atoms with Crippen molar-refractivity contribution in [1.82, 2.24) is 5.32 Å². The van der Waals surface area contributed by atoms with Crippen molar-refractivity contribution in [3.05, 3.63) is 48.0 Å². The Morgan fingerprint density at radius 2 is 1.79 bits per heavy atom. The van der Waals surface area contributed by atoms with E-state index in [1.54, 1.807) is 25.3 Å². The minimum atomic E-state index is -0.314. The monoisotopic (exact) mass is 382 g/mol. The molecule has 1 saturated carbocycles. The molecule has 2 N–H and O–H groups in total. The van der Waals surface area contributed by atoms with Crippen molar-refractivity contribution < 1.29 is 23.8 Å². The Kier molecular flexibility index (Phi) is 5.06. The number of carbonyl (C=O) groups is 2. The molecule has 1 heterocycles. The molecule has 7 heteroatoms. The van der Waals surface area contributed by atoms with Crippen LogP contribution in [0.3, 0.4) is 0 Å². The maximum atomic E-state index is 12.4. The SMILES string of the molecule is COc1ccccc1CNC(=O)C1CC1C(=O)Nc1ccc2c(c1)OCCO2. The van der Waals surface area contributed by atoms with Crippen molar-refractivity contribution in [2.75, 3.05) is 25.6 Å². The van der Waals surface area contributed by atoms with Crippen LogP contribution in [0.25, 0.3) is 0 Å². The Balaban J connectivity index is 1.30. The van der Waals surface area contributed by atoms with Gasteiger partial charge in [0.2, 0.25) is 11.8 Å². The Morgan fingerprint density at radius 3 is 2.61 bits per heavy atom. The van der Waals surface area contributed by atoms with Crippen molar-refractivity contribution in [3.8, 4) is 17.2 Å². The average Bonchev–Trinajstić information content (AvgIpc) is 3.53. The van der Waals surface area contributed by atoms with Gasteiger partial charge in [-0.05, 0) is 24.6 Å². The number of rotatable bonds is 6. The van der Waals surface area contributed by atoms with Crippen molar-refractivity contribution in [2.24, 2.45) is 11.8 Å². The number of anilines is 1. The Labute approximate surface area is 163 Å². The van der Waals surface area contributed by atoms with Gasteiger partial charge in [-0.15, -0.1) is 0 Å². The summed E-state index contributed by atoms with van der Waals surface area (Å²) in [6, 6.07) is 12.8. The summed E-state index contributed by atoms with van der Waals surface area (Å²) in [6.45, 7) is 1.38. The molecular weight excluding hydrogens is 360 g/mol. The normalized spacial score (nSPS) is 19.5. The van der Waals surface area contributed by atoms with Crippen LogP contribution < -0.4 is 24.8 Å². The van der Waals surface area contributed by atoms with Gasteiger partial charge in [-0.1, -0.05) is 18.2 Å². The van der Waals surface area contributed by atoms with E-state index in [2.05, 4.69) is 10.6 Å². The number of carbonyl (C=O) groups excluding carboxylic acids is 2. The van der Waals surface area contributed by atoms with E-state index in [1.165, 1.54) is 0 Å². The standard InChI is InChI=1S/C21H22N2O5/c1-26-17-5-3-2-4-13(17)12-22-20(24)15-11-16(15)21(25)23-14-6-7-18-19(10-14)28-9-8-27-18/h2-7,10,15-16H,8-9,11-12H2,1H3,(H,22,24)(H,23,25). The number of amides is 2. The molecule has 4 rings (SSSR count). The van der Waals surface area contributed by atoms with Gasteiger partial charge in [0.1, 0.15) is 19.0 Å². The Bertz CT molecular complexity index is 898. The van der Waals surface area contributed by atoms with E-state index in [-0.39, 0.29) is 23.7 Å². The molecule has 0 spiro atoms. The fraction of sp³-hybridized carbons (Fsp3) is 0.333. The number of hydrogen-bond donors (Lipinski definition) is 2. The van der Waals surface area contributed by atoms with E-state index < -0.39 is 0 Å². The number of hydrogen-bond acceptors (Lipinski definition) is 5. The molecule has 2 aromatic rings. The lowest BCUT2D eigenvalue weighted by Crippen LogP contribution is -2.27. The second-order valence-corrected chi connectivity index (χ2v) is 6.83. The first-order valence-corrected chi connectivity index (χ1v) is 9.26. The van der Waals surface area contributed by atoms with Crippen LogP contribution in [0.4, 0.5) is 5.69 Å². The maximum Gasteiger partial charge on any atom is 0.228 e. The first-order chi connectivity index (χ1) is 13.7. The molecule has 7 nitrogen and oxygen atoms in total. The summed E-state index contributed by atoms with van der Waals surface area (Å²) in [4.78, 5) is 24.8. The second kappa shape index (κ2) is 7.80. The molecular formula is C21H22N2O5. The lowest BCUT2D eigenvalue weighted by molar-refractivity contribution is -0.125. The van der Waals surface area contributed by atoms with Crippen molar-refractivity contribution in [2.45, 2.75) is 13.0 Å². The highest BCUT2D eigenvalue weighted by molar-refractivity contribution is 5.99. The van der Waals surface area contributed by atoms with Crippen LogP contribution in [-0.4, -0.2) is 32.1 Å². The summed E-state index contributed by atoms with van der Waals surface area (Å²) in [6.07, 6.45) is 0.550. The van der Waals surface area contributed by atoms with E-state index in [4.69, 9.17) is 14.2 Å². The molecule has 2 aliphatic rings. The second-order valence-electron chi connectivity index (χ2n) is 6.83. The quantitative estimate of drug-likeness (QED) is 0.801. The van der Waals surface area contributed by atoms with Gasteiger partial charge in [-0.3, -0.25) is 9.59 Å². The van der Waals surface area contributed by atoms with Crippen molar-refractivity contribution >= 4 is 17.5 Å². The lowest BCUT2D eigenvalue weighted by Gasteiger charge is -2.19. The molecule has 0 aromatic heterocycles. The maximum absolute atomic E-state index is 12.4. The summed E-state index contributed by atoms with van der Waals surface area (Å²) < 4.78 is 16.3. The van der Waals surface area contributed by atoms with E-state index in [1.807, 2.05) is 24.3 Å². The third kappa shape index (κ3) is 3.88. The molecule has 28 heavy (non-hydrogen) atoms. The Morgan fingerprint density at radius 1 is 1.04 bits per heavy atom. The zero-order valence-corrected chi connectivity index (χ0v) is 15.6. The van der Waals surface area contributed by atoms with E-state index in [0.717, 1.165) is 11.3 Å². The van der Waals surface area contributed by atoms with Gasteiger partial charge in [-0.25, -0.2) is 0 Å². The van der Waals surface area contributed by atoms with Gasteiger partial charge in [0, 0.05) is 23.9 Å². The first-order valence-electron chi connectivity index (χ1n) is 9.26. The van der Waals surface area contributed by atoms with E-state index >= 15 is 0 Å². The number of methoxy groups -OCH3 is 1. The van der Waals surface area contributed by atoms with Crippen molar-refractivity contribution in [3.63, 3.8) is 0 Å². The summed E-state index contributed by atoms with van der Waals surface area (Å²) in [5.41, 5.74) is 1.53. The highest BCUT2D eigenvalue weighted by atomic mass is 16.6. The minimum absolute atomic E-state index is 0.117. The van der Waals surface area contributed by atoms with Gasteiger partial charge >= 0.3 is 0 Å². The van der Waals surface area contributed by atoms with Crippen LogP contribution in [0.5, 0.6) is 17.2 Å². The molecule has 0 bridgehead atoms. The van der Waals surface area contributed by atoms with Gasteiger partial charge in [0.15, 0.2) is 11.5 Å². The molecule has 0 saturated heterocycles. The molecule has 2 unspecified atom stereocenters. The van der Waals surface area contributed by atoms with Crippen LogP contribution >= 0.6 is 0 Å². The number of nitrogens with one attached hydrogen (secondary N) is 2. The first kappa shape index (κ1) is 18.2. The van der Waals surface area contributed by atoms with Gasteiger partial charge in [0.05, 0.1) is 18.9 Å². The van der Waals surface area contributed by atoms with Crippen LogP contribution in [0.2, 0.25) is 0 Å². The molecule has 1 aliphatic heterocycles. The third-order valence-corrected chi connectivity index (χ3v) is 4.92. The fourth-order valence-corrected chi connectivity index (χ4v) is 3.29. The van der Waals surface area contributed by atoms with Crippen molar-refractivity contribution in [1.29, 1.82) is 0 Å². The topological polar surface area (TPSA) is 85.9 Å². The predicted octanol–water partition coefficient (Wildman–Crippen LogP) is 2.36. The van der Waals surface area contributed by atoms with Crippen LogP contribution in [0.1, 0.15) is 12.0 Å². The smallest absolute Gasteiger partial charge is 0.228 e. The zero-order valence-electron chi connectivity index (χ0n) is 15.6. The molecule has 2 aromatic carbocycles. The number of para-hydroxylation sites is 1. The molecule has 146 valence electrons. The lowest BCUT2D eigenvalue weighted by atomic mass is 10.2. The Hall–Kier alpha value is -3.22. The van der Waals surface area contributed by atoms with E-state index in [0.29, 0.717) is 43.4 Å². The largest absolute Gasteiger partial charge is 0.496 e. The van der Waals surface area contributed by atoms with E-state index in [9.17, 15) is 9.59 Å². The molecule has 0 radical (unpaired) electrons. The summed E-state index contributed by atoms with van der Waals surface area (Å²) in [5.74, 6) is 1.13. The number of ether oxygens (including phenoxy) is 3. The van der Waals surface area contributed by atoms with Gasteiger partial charge in [0.25, 0.3) is 0 Å².